The summed E-state index contributed by atoms with van der Waals surface area (Å²) in [5.74, 6) is 0.187. The summed E-state index contributed by atoms with van der Waals surface area (Å²) in [6, 6.07) is 6.75. The number of urea groups is 1. The number of aromatic nitrogens is 2. The molecule has 9 heteroatoms. The average Bonchev–Trinajstić information content (AvgIpc) is 3.10. The zero-order valence-corrected chi connectivity index (χ0v) is 22.1. The third-order valence-electron chi connectivity index (χ3n) is 4.78. The molecule has 0 aliphatic carbocycles. The second-order valence-corrected chi connectivity index (χ2v) is 11.0. The zero-order valence-electron chi connectivity index (χ0n) is 20.6. The van der Waals surface area contributed by atoms with Crippen LogP contribution in [-0.2, 0) is 10.2 Å². The second kappa shape index (κ2) is 10.8. The van der Waals surface area contributed by atoms with Crippen LogP contribution in [0.4, 0.5) is 10.6 Å². The summed E-state index contributed by atoms with van der Waals surface area (Å²) in [5, 5.41) is 11.4. The van der Waals surface area contributed by atoms with Crippen molar-refractivity contribution in [3.05, 3.63) is 40.0 Å². The SMILES string of the molecule is CCCCN(CC(=O)Nc1cc(C(C)(C)C)nn1-c1ccc(Cl)c(Cl)c1)C(=O)NC(C)(C)C. The molecule has 1 aromatic carbocycles. The van der Waals surface area contributed by atoms with E-state index in [0.29, 0.717) is 28.1 Å². The van der Waals surface area contributed by atoms with Crippen LogP contribution in [0.15, 0.2) is 24.3 Å². The van der Waals surface area contributed by atoms with E-state index in [1.54, 1.807) is 22.9 Å². The Morgan fingerprint density at radius 2 is 1.73 bits per heavy atom. The molecule has 33 heavy (non-hydrogen) atoms. The fourth-order valence-electron chi connectivity index (χ4n) is 3.01. The maximum atomic E-state index is 13.0. The molecule has 0 spiro atoms. The first-order valence-corrected chi connectivity index (χ1v) is 11.9. The fraction of sp³-hybridized carbons (Fsp3) is 0.542. The highest BCUT2D eigenvalue weighted by Crippen LogP contribution is 2.29. The van der Waals surface area contributed by atoms with E-state index in [1.807, 2.05) is 54.5 Å². The first-order chi connectivity index (χ1) is 15.2. The Bertz CT molecular complexity index is 990. The number of nitrogens with zero attached hydrogens (tertiary/aromatic N) is 3. The number of hydrogen-bond acceptors (Lipinski definition) is 3. The summed E-state index contributed by atoms with van der Waals surface area (Å²) in [7, 11) is 0. The summed E-state index contributed by atoms with van der Waals surface area (Å²) < 4.78 is 1.63. The molecule has 3 amide bonds. The van der Waals surface area contributed by atoms with Gasteiger partial charge in [0.25, 0.3) is 0 Å². The van der Waals surface area contributed by atoms with Gasteiger partial charge in [-0.2, -0.15) is 5.10 Å². The van der Waals surface area contributed by atoms with Crippen LogP contribution in [0.25, 0.3) is 5.69 Å². The Labute approximate surface area is 206 Å². The van der Waals surface area contributed by atoms with Gasteiger partial charge in [0.1, 0.15) is 12.4 Å². The molecule has 0 aliphatic rings. The molecule has 2 rings (SSSR count). The predicted octanol–water partition coefficient (Wildman–Crippen LogP) is 6.03. The van der Waals surface area contributed by atoms with Gasteiger partial charge in [-0.05, 0) is 45.4 Å². The van der Waals surface area contributed by atoms with Gasteiger partial charge in [0, 0.05) is 23.6 Å². The maximum absolute atomic E-state index is 13.0. The normalized spacial score (nSPS) is 11.9. The van der Waals surface area contributed by atoms with E-state index >= 15 is 0 Å². The molecule has 0 aliphatic heterocycles. The Kier molecular flexibility index (Phi) is 8.82. The van der Waals surface area contributed by atoms with E-state index in [0.717, 1.165) is 18.5 Å². The zero-order chi connectivity index (χ0) is 25.0. The van der Waals surface area contributed by atoms with Crippen molar-refractivity contribution in [1.29, 1.82) is 0 Å². The Hall–Kier alpha value is -2.25. The van der Waals surface area contributed by atoms with Gasteiger partial charge in [-0.15, -0.1) is 0 Å². The van der Waals surface area contributed by atoms with Gasteiger partial charge in [0.05, 0.1) is 21.4 Å². The maximum Gasteiger partial charge on any atom is 0.318 e. The van der Waals surface area contributed by atoms with Crippen molar-refractivity contribution in [1.82, 2.24) is 20.0 Å². The Morgan fingerprint density at radius 3 is 2.27 bits per heavy atom. The van der Waals surface area contributed by atoms with Crippen molar-refractivity contribution in [3.63, 3.8) is 0 Å². The van der Waals surface area contributed by atoms with Gasteiger partial charge in [-0.3, -0.25) is 4.79 Å². The third-order valence-corrected chi connectivity index (χ3v) is 5.52. The Morgan fingerprint density at radius 1 is 1.06 bits per heavy atom. The summed E-state index contributed by atoms with van der Waals surface area (Å²) in [4.78, 5) is 27.3. The highest BCUT2D eigenvalue weighted by molar-refractivity contribution is 6.42. The van der Waals surface area contributed by atoms with Gasteiger partial charge in [0.15, 0.2) is 0 Å². The van der Waals surface area contributed by atoms with Crippen LogP contribution in [-0.4, -0.2) is 45.2 Å². The van der Waals surface area contributed by atoms with E-state index in [1.165, 1.54) is 4.90 Å². The first-order valence-electron chi connectivity index (χ1n) is 11.1. The minimum Gasteiger partial charge on any atom is -0.333 e. The summed E-state index contributed by atoms with van der Waals surface area (Å²) in [6.45, 7) is 14.3. The lowest BCUT2D eigenvalue weighted by Crippen LogP contribution is -2.50. The molecule has 0 saturated carbocycles. The number of halogens is 2. The van der Waals surface area contributed by atoms with Gasteiger partial charge in [-0.1, -0.05) is 57.3 Å². The Balaban J connectivity index is 2.31. The topological polar surface area (TPSA) is 79.3 Å². The highest BCUT2D eigenvalue weighted by Gasteiger charge is 2.24. The molecule has 0 radical (unpaired) electrons. The summed E-state index contributed by atoms with van der Waals surface area (Å²) >= 11 is 12.3. The molecule has 182 valence electrons. The van der Waals surface area contributed by atoms with E-state index < -0.39 is 5.54 Å². The van der Waals surface area contributed by atoms with E-state index in [9.17, 15) is 9.59 Å². The molecule has 0 saturated heterocycles. The number of nitrogens with one attached hydrogen (secondary N) is 2. The molecule has 0 fully saturated rings. The lowest BCUT2D eigenvalue weighted by molar-refractivity contribution is -0.116. The smallest absolute Gasteiger partial charge is 0.318 e. The minimum absolute atomic E-state index is 0.0701. The van der Waals surface area contributed by atoms with Crippen molar-refractivity contribution in [2.45, 2.75) is 72.3 Å². The number of amides is 3. The lowest BCUT2D eigenvalue weighted by Gasteiger charge is -2.28. The molecule has 0 atom stereocenters. The largest absolute Gasteiger partial charge is 0.333 e. The number of unbranched alkanes of at least 4 members (excludes halogenated alkanes) is 1. The number of carbonyl (C=O) groups excluding carboxylic acids is 2. The molecule has 7 nitrogen and oxygen atoms in total. The number of rotatable bonds is 7. The van der Waals surface area contributed by atoms with Crippen molar-refractivity contribution in [2.75, 3.05) is 18.4 Å². The molecular weight excluding hydrogens is 461 g/mol. The molecule has 1 aromatic heterocycles. The highest BCUT2D eigenvalue weighted by atomic mass is 35.5. The van der Waals surface area contributed by atoms with Crippen LogP contribution in [0.1, 0.15) is 67.0 Å². The van der Waals surface area contributed by atoms with Crippen LogP contribution in [0.3, 0.4) is 0 Å². The molecule has 0 bridgehead atoms. The van der Waals surface area contributed by atoms with Crippen molar-refractivity contribution >= 4 is 41.0 Å². The van der Waals surface area contributed by atoms with Gasteiger partial charge >= 0.3 is 6.03 Å². The van der Waals surface area contributed by atoms with E-state index in [-0.39, 0.29) is 23.9 Å². The minimum atomic E-state index is -0.397. The summed E-state index contributed by atoms with van der Waals surface area (Å²) in [5.41, 5.74) is 0.841. The molecule has 0 unspecified atom stereocenters. The molecular formula is C24H35Cl2N5O2. The standard InChI is InChI=1S/C24H35Cl2N5O2/c1-8-9-12-30(22(33)28-24(5,6)7)15-21(32)27-20-14-19(23(2,3)4)29-31(20)16-10-11-17(25)18(26)13-16/h10-11,13-14H,8-9,12,15H2,1-7H3,(H,27,32)(H,28,33). The molecule has 2 N–H and O–H groups in total. The number of anilines is 1. The van der Waals surface area contributed by atoms with Crippen molar-refractivity contribution in [3.8, 4) is 5.69 Å². The third kappa shape index (κ3) is 7.93. The monoisotopic (exact) mass is 495 g/mol. The quantitative estimate of drug-likeness (QED) is 0.492. The van der Waals surface area contributed by atoms with Crippen LogP contribution in [0.5, 0.6) is 0 Å². The lowest BCUT2D eigenvalue weighted by atomic mass is 9.92. The average molecular weight is 496 g/mol. The number of benzene rings is 1. The van der Waals surface area contributed by atoms with Gasteiger partial charge in [-0.25, -0.2) is 9.48 Å². The fourth-order valence-corrected chi connectivity index (χ4v) is 3.30. The van der Waals surface area contributed by atoms with Gasteiger partial charge < -0.3 is 15.5 Å². The van der Waals surface area contributed by atoms with Crippen molar-refractivity contribution in [2.24, 2.45) is 0 Å². The molecule has 1 heterocycles. The summed E-state index contributed by atoms with van der Waals surface area (Å²) in [6.07, 6.45) is 1.72. The van der Waals surface area contributed by atoms with Crippen LogP contribution in [0, 0.1) is 0 Å². The van der Waals surface area contributed by atoms with Crippen LogP contribution in [0.2, 0.25) is 10.0 Å². The van der Waals surface area contributed by atoms with E-state index in [4.69, 9.17) is 28.3 Å². The number of carbonyl (C=O) groups is 2. The van der Waals surface area contributed by atoms with Crippen LogP contribution >= 0.6 is 23.2 Å². The van der Waals surface area contributed by atoms with Gasteiger partial charge in [0.2, 0.25) is 5.91 Å². The number of hydrogen-bond donors (Lipinski definition) is 2. The second-order valence-electron chi connectivity index (χ2n) is 10.2. The van der Waals surface area contributed by atoms with Crippen LogP contribution < -0.4 is 10.6 Å². The predicted molar refractivity (Wildman–Crippen MR) is 136 cm³/mol. The van der Waals surface area contributed by atoms with E-state index in [2.05, 4.69) is 10.6 Å². The van der Waals surface area contributed by atoms with Crippen molar-refractivity contribution < 1.29 is 9.59 Å². The molecule has 2 aromatic rings. The first kappa shape index (κ1) is 27.0.